The van der Waals surface area contributed by atoms with Crippen LogP contribution < -0.4 is 5.32 Å². The third-order valence-electron chi connectivity index (χ3n) is 2.71. The highest BCUT2D eigenvalue weighted by atomic mass is 79.9. The van der Waals surface area contributed by atoms with Gasteiger partial charge in [-0.05, 0) is 28.1 Å². The number of nitrogens with one attached hydrogen (secondary N) is 2. The quantitative estimate of drug-likeness (QED) is 0.779. The van der Waals surface area contributed by atoms with Gasteiger partial charge >= 0.3 is 0 Å². The fourth-order valence-electron chi connectivity index (χ4n) is 1.78. The van der Waals surface area contributed by atoms with Crippen molar-refractivity contribution >= 4 is 32.8 Å². The van der Waals surface area contributed by atoms with E-state index in [1.807, 2.05) is 18.2 Å². The van der Waals surface area contributed by atoms with Crippen LogP contribution in [0.2, 0.25) is 0 Å². The zero-order valence-electron chi connectivity index (χ0n) is 9.81. The lowest BCUT2D eigenvalue weighted by Crippen LogP contribution is -2.22. The summed E-state index contributed by atoms with van der Waals surface area (Å²) >= 11 is 3.39. The Bertz CT molecular complexity index is 719. The number of H-pyrrole nitrogens is 1. The zero-order valence-corrected chi connectivity index (χ0v) is 11.4. The van der Waals surface area contributed by atoms with Crippen molar-refractivity contribution in [2.24, 2.45) is 0 Å². The van der Waals surface area contributed by atoms with E-state index in [2.05, 4.69) is 31.2 Å². The Morgan fingerprint density at radius 3 is 3.11 bits per heavy atom. The molecule has 3 aromatic rings. The molecule has 0 aliphatic carbocycles. The van der Waals surface area contributed by atoms with E-state index >= 15 is 0 Å². The Hall–Kier alpha value is -2.08. The molecule has 0 radical (unpaired) electrons. The maximum absolute atomic E-state index is 12.0. The van der Waals surface area contributed by atoms with Gasteiger partial charge in [-0.3, -0.25) is 4.79 Å². The summed E-state index contributed by atoms with van der Waals surface area (Å²) in [5.41, 5.74) is 1.51. The highest BCUT2D eigenvalue weighted by molar-refractivity contribution is 9.10. The van der Waals surface area contributed by atoms with Crippen LogP contribution in [0, 0.1) is 0 Å². The van der Waals surface area contributed by atoms with Crippen molar-refractivity contribution in [2.45, 2.75) is 6.54 Å². The van der Waals surface area contributed by atoms with Crippen LogP contribution in [-0.2, 0) is 6.54 Å². The van der Waals surface area contributed by atoms with Gasteiger partial charge in [-0.1, -0.05) is 12.1 Å². The third-order valence-corrected chi connectivity index (χ3v) is 3.34. The number of rotatable bonds is 3. The fraction of sp³-hybridized carbons (Fsp3) is 0.0769. The molecule has 2 aromatic heterocycles. The van der Waals surface area contributed by atoms with E-state index in [4.69, 9.17) is 4.42 Å². The number of aromatic nitrogens is 2. The van der Waals surface area contributed by atoms with E-state index in [1.54, 1.807) is 18.6 Å². The second-order valence-electron chi connectivity index (χ2n) is 4.03. The van der Waals surface area contributed by atoms with Gasteiger partial charge in [0.1, 0.15) is 5.58 Å². The van der Waals surface area contributed by atoms with Crippen LogP contribution in [0.1, 0.15) is 16.2 Å². The number of hydrogen-bond acceptors (Lipinski definition) is 3. The van der Waals surface area contributed by atoms with Gasteiger partial charge in [0.25, 0.3) is 5.91 Å². The number of fused-ring (bicyclic) bond motifs is 1. The normalized spacial score (nSPS) is 10.8. The van der Waals surface area contributed by atoms with Gasteiger partial charge < -0.3 is 14.7 Å². The van der Waals surface area contributed by atoms with Crippen molar-refractivity contribution in [3.8, 4) is 0 Å². The largest absolute Gasteiger partial charge is 0.450 e. The molecule has 0 aliphatic heterocycles. The molecule has 1 aromatic carbocycles. The lowest BCUT2D eigenvalue weighted by Gasteiger charge is -1.99. The van der Waals surface area contributed by atoms with Gasteiger partial charge in [0.15, 0.2) is 5.76 Å². The van der Waals surface area contributed by atoms with E-state index in [0.29, 0.717) is 17.9 Å². The van der Waals surface area contributed by atoms with Gasteiger partial charge in [0.05, 0.1) is 23.0 Å². The molecule has 1 amide bonds. The summed E-state index contributed by atoms with van der Waals surface area (Å²) in [6.07, 6.45) is 3.23. The molecule has 2 heterocycles. The molecule has 0 saturated carbocycles. The predicted molar refractivity (Wildman–Crippen MR) is 73.7 cm³/mol. The summed E-state index contributed by atoms with van der Waals surface area (Å²) in [6.45, 7) is 0.386. The van der Waals surface area contributed by atoms with E-state index in [-0.39, 0.29) is 5.91 Å². The second-order valence-corrected chi connectivity index (χ2v) is 4.88. The van der Waals surface area contributed by atoms with Crippen LogP contribution in [-0.4, -0.2) is 15.9 Å². The van der Waals surface area contributed by atoms with Crippen molar-refractivity contribution < 1.29 is 9.21 Å². The molecule has 0 atom stereocenters. The van der Waals surface area contributed by atoms with Crippen molar-refractivity contribution in [1.29, 1.82) is 0 Å². The molecule has 5 nitrogen and oxygen atoms in total. The predicted octanol–water partition coefficient (Wildman–Crippen LogP) is 2.85. The van der Waals surface area contributed by atoms with Crippen molar-refractivity contribution in [3.63, 3.8) is 0 Å². The van der Waals surface area contributed by atoms with Crippen LogP contribution in [0.3, 0.4) is 0 Å². The van der Waals surface area contributed by atoms with Crippen LogP contribution in [0.25, 0.3) is 11.0 Å². The molecule has 6 heteroatoms. The minimum absolute atomic E-state index is 0.252. The number of furan rings is 1. The highest BCUT2D eigenvalue weighted by Gasteiger charge is 2.13. The first-order chi connectivity index (χ1) is 9.24. The summed E-state index contributed by atoms with van der Waals surface area (Å²) in [6, 6.07) is 7.39. The van der Waals surface area contributed by atoms with Crippen LogP contribution in [0.5, 0.6) is 0 Å². The van der Waals surface area contributed by atoms with Crippen molar-refractivity contribution in [2.75, 3.05) is 0 Å². The highest BCUT2D eigenvalue weighted by Crippen LogP contribution is 2.26. The van der Waals surface area contributed by atoms with Crippen molar-refractivity contribution in [1.82, 2.24) is 15.3 Å². The van der Waals surface area contributed by atoms with Gasteiger partial charge in [0.2, 0.25) is 0 Å². The first-order valence-corrected chi connectivity index (χ1v) is 6.47. The average molecular weight is 320 g/mol. The molecule has 0 saturated heterocycles. The smallest absolute Gasteiger partial charge is 0.287 e. The maximum atomic E-state index is 12.0. The lowest BCUT2D eigenvalue weighted by atomic mass is 10.2. The number of halogens is 1. The molecule has 0 unspecified atom stereocenters. The standard InChI is InChI=1S/C13H10BrN3O2/c14-10-3-1-2-8-4-11(19-12(8)10)13(18)16-6-9-5-15-7-17-9/h1-5,7H,6H2,(H,15,17)(H,16,18). The van der Waals surface area contributed by atoms with E-state index < -0.39 is 0 Å². The number of nitrogens with zero attached hydrogens (tertiary/aromatic N) is 1. The van der Waals surface area contributed by atoms with Gasteiger partial charge in [-0.15, -0.1) is 0 Å². The summed E-state index contributed by atoms with van der Waals surface area (Å²) in [5.74, 6) is 0.0408. The number of aromatic amines is 1. The van der Waals surface area contributed by atoms with Crippen LogP contribution >= 0.6 is 15.9 Å². The summed E-state index contributed by atoms with van der Waals surface area (Å²) < 4.78 is 6.38. The molecule has 0 aliphatic rings. The van der Waals surface area contributed by atoms with E-state index in [0.717, 1.165) is 15.6 Å². The monoisotopic (exact) mass is 319 g/mol. The molecular formula is C13H10BrN3O2. The maximum Gasteiger partial charge on any atom is 0.287 e. The number of carbonyl (C=O) groups is 1. The minimum atomic E-state index is -0.252. The number of imidazole rings is 1. The summed E-state index contributed by atoms with van der Waals surface area (Å²) in [4.78, 5) is 18.8. The number of benzene rings is 1. The number of amides is 1. The Labute approximate surface area is 117 Å². The lowest BCUT2D eigenvalue weighted by molar-refractivity contribution is 0.0925. The first kappa shape index (κ1) is 12.0. The van der Waals surface area contributed by atoms with Crippen LogP contribution in [0.15, 0.2) is 45.7 Å². The topological polar surface area (TPSA) is 70.9 Å². The molecule has 19 heavy (non-hydrogen) atoms. The molecule has 0 bridgehead atoms. The van der Waals surface area contributed by atoms with E-state index in [9.17, 15) is 4.79 Å². The third kappa shape index (κ3) is 2.39. The molecular weight excluding hydrogens is 310 g/mol. The summed E-state index contributed by atoms with van der Waals surface area (Å²) in [7, 11) is 0. The molecule has 2 N–H and O–H groups in total. The number of para-hydroxylation sites is 1. The number of carbonyl (C=O) groups excluding carboxylic acids is 1. The second kappa shape index (κ2) is 4.89. The Kier molecular flexibility index (Phi) is 3.08. The molecule has 0 fully saturated rings. The van der Waals surface area contributed by atoms with Crippen molar-refractivity contribution in [3.05, 3.63) is 52.7 Å². The SMILES string of the molecule is O=C(NCc1cnc[nH]1)c1cc2cccc(Br)c2o1. The zero-order chi connectivity index (χ0) is 13.2. The molecule has 0 spiro atoms. The number of hydrogen-bond donors (Lipinski definition) is 2. The van der Waals surface area contributed by atoms with Gasteiger partial charge in [-0.25, -0.2) is 4.98 Å². The Morgan fingerprint density at radius 2 is 2.37 bits per heavy atom. The minimum Gasteiger partial charge on any atom is -0.450 e. The molecule has 3 rings (SSSR count). The van der Waals surface area contributed by atoms with Crippen LogP contribution in [0.4, 0.5) is 0 Å². The van der Waals surface area contributed by atoms with E-state index in [1.165, 1.54) is 0 Å². The van der Waals surface area contributed by atoms with Gasteiger partial charge in [-0.2, -0.15) is 0 Å². The molecule has 96 valence electrons. The summed E-state index contributed by atoms with van der Waals surface area (Å²) in [5, 5.41) is 3.65. The first-order valence-electron chi connectivity index (χ1n) is 5.67. The average Bonchev–Trinajstić information content (AvgIpc) is 3.05. The Morgan fingerprint density at radius 1 is 1.47 bits per heavy atom. The fourth-order valence-corrected chi connectivity index (χ4v) is 2.25. The Balaban J connectivity index is 1.80. The van der Waals surface area contributed by atoms with Gasteiger partial charge in [0, 0.05) is 11.6 Å².